The summed E-state index contributed by atoms with van der Waals surface area (Å²) in [6.07, 6.45) is -3.66. The molecule has 13 heteroatoms. The molecule has 0 amide bonds. The number of carboxylic acids is 5. The Labute approximate surface area is 162 Å². The maximum atomic E-state index is 10.1. The van der Waals surface area contributed by atoms with Crippen LogP contribution in [0, 0.1) is 0 Å². The van der Waals surface area contributed by atoms with E-state index in [9.17, 15) is 49.5 Å². The molecular weight excluding hydrogens is 375 g/mol. The van der Waals surface area contributed by atoms with E-state index in [1.807, 2.05) is 0 Å². The third-order valence-electron chi connectivity index (χ3n) is 1.79. The first-order valence-corrected chi connectivity index (χ1v) is 5.14. The molecule has 0 aliphatic rings. The number of hydrogen-bond donors (Lipinski definition) is 1. The molecule has 0 aliphatic carbocycles. The van der Waals surface area contributed by atoms with E-state index in [1.165, 1.54) is 0 Å². The summed E-state index contributed by atoms with van der Waals surface area (Å²) < 4.78 is 0. The predicted octanol–water partition coefficient (Wildman–Crippen LogP) is -11.0. The van der Waals surface area contributed by atoms with Crippen LogP contribution in [0.1, 0.15) is 25.7 Å². The Bertz CT molecular complexity index is 407. The van der Waals surface area contributed by atoms with Crippen LogP contribution in [0.5, 0.6) is 0 Å². The molecule has 23 heavy (non-hydrogen) atoms. The summed E-state index contributed by atoms with van der Waals surface area (Å²) in [6, 6.07) is 0. The van der Waals surface area contributed by atoms with Crippen molar-refractivity contribution in [2.75, 3.05) is 0 Å². The Hall–Kier alpha value is -1.17. The monoisotopic (exact) mass is 384 g/mol. The van der Waals surface area contributed by atoms with Gasteiger partial charge in [-0.25, -0.2) is 0 Å². The molecule has 0 aromatic carbocycles. The van der Waals surface area contributed by atoms with Crippen LogP contribution in [0.2, 0.25) is 0 Å². The number of carboxylic acid groups (broad SMARTS) is 5. The van der Waals surface area contributed by atoms with Gasteiger partial charge in [-0.3, -0.25) is 0 Å². The van der Waals surface area contributed by atoms with E-state index in [-0.39, 0.29) is 46.6 Å². The topological polar surface area (TPSA) is 221 Å². The zero-order valence-electron chi connectivity index (χ0n) is 11.7. The van der Waals surface area contributed by atoms with Crippen LogP contribution in [0.25, 0.3) is 0 Å². The van der Waals surface area contributed by atoms with Crippen LogP contribution in [0.4, 0.5) is 0 Å². The second-order valence-electron chi connectivity index (χ2n) is 3.66. The molecule has 0 unspecified atom stereocenters. The summed E-state index contributed by atoms with van der Waals surface area (Å²) in [5, 5.41) is 57.9. The van der Waals surface area contributed by atoms with Crippen LogP contribution < -0.4 is 55.1 Å². The Morgan fingerprint density at radius 1 is 0.696 bits per heavy atom. The maximum absolute atomic E-state index is 10.1. The maximum Gasteiger partial charge on any atom is 2.00 e. The molecule has 0 heterocycles. The minimum Gasteiger partial charge on any atom is -0.550 e. The summed E-state index contributed by atoms with van der Waals surface area (Å²) in [6.45, 7) is 0. The number of aliphatic hydroxyl groups is 1. The van der Waals surface area contributed by atoms with Gasteiger partial charge in [-0.15, -0.1) is 0 Å². The molecule has 0 spiro atoms. The fraction of sp³-hybridized carbons (Fsp3) is 0.500. The molecule has 1 N–H and O–H groups in total. The predicted molar refractivity (Wildman–Crippen MR) is 48.5 cm³/mol. The standard InChI is InChI=1S/C6H8O7.C4H6O4.Fe.Na/c7-3(8)1-6(13,5(11)12)2-4(9)10;5-3(6)1-2-4(7)8;;/h13H,1-2H2,(H,7,8)(H,9,10)(H,11,12);1-2H2,(H,5,6)(H,7,8);;/q;;+2;+1/p-5. The van der Waals surface area contributed by atoms with Crippen molar-refractivity contribution in [3.63, 3.8) is 0 Å². The molecular formula is C10H9FeNaO11-2. The number of hydrogen-bond acceptors (Lipinski definition) is 11. The van der Waals surface area contributed by atoms with E-state index in [2.05, 4.69) is 0 Å². The van der Waals surface area contributed by atoms with E-state index >= 15 is 0 Å². The van der Waals surface area contributed by atoms with Crippen LogP contribution in [-0.2, 0) is 41.0 Å². The first-order chi connectivity index (χ1) is 9.40. The molecule has 0 radical (unpaired) electrons. The van der Waals surface area contributed by atoms with Crippen molar-refractivity contribution >= 4 is 29.8 Å². The molecule has 0 aliphatic heterocycles. The molecule has 11 nitrogen and oxygen atoms in total. The van der Waals surface area contributed by atoms with Crippen molar-refractivity contribution in [3.8, 4) is 0 Å². The van der Waals surface area contributed by atoms with Crippen LogP contribution >= 0.6 is 0 Å². The summed E-state index contributed by atoms with van der Waals surface area (Å²) in [5.74, 6) is -8.72. The zero-order valence-corrected chi connectivity index (χ0v) is 14.8. The van der Waals surface area contributed by atoms with Gasteiger partial charge >= 0.3 is 46.6 Å². The molecule has 0 saturated heterocycles. The molecule has 0 aromatic heterocycles. The van der Waals surface area contributed by atoms with Crippen molar-refractivity contribution in [1.82, 2.24) is 0 Å². The number of rotatable bonds is 8. The van der Waals surface area contributed by atoms with Crippen molar-refractivity contribution in [2.45, 2.75) is 31.3 Å². The minimum absolute atomic E-state index is 0. The number of carbonyl (C=O) groups excluding carboxylic acids is 5. The van der Waals surface area contributed by atoms with E-state index < -0.39 is 61.1 Å². The second kappa shape index (κ2) is 14.4. The van der Waals surface area contributed by atoms with Gasteiger partial charge in [0.1, 0.15) is 5.60 Å². The molecule has 0 rings (SSSR count). The Kier molecular flexibility index (Phi) is 18.7. The van der Waals surface area contributed by atoms with Crippen molar-refractivity contribution in [1.29, 1.82) is 0 Å². The van der Waals surface area contributed by atoms with Gasteiger partial charge in [0.2, 0.25) is 0 Å². The first kappa shape index (κ1) is 29.8. The first-order valence-electron chi connectivity index (χ1n) is 5.14. The number of carbonyl (C=O) groups is 5. The normalized spacial score (nSPS) is 9.09. The Balaban J connectivity index is -0.000000158. The fourth-order valence-electron chi connectivity index (χ4n) is 0.889. The minimum atomic E-state index is -2.97. The van der Waals surface area contributed by atoms with Gasteiger partial charge in [-0.05, 0) is 12.8 Å². The third kappa shape index (κ3) is 18.8. The van der Waals surface area contributed by atoms with Crippen LogP contribution in [0.3, 0.4) is 0 Å². The van der Waals surface area contributed by atoms with E-state index in [4.69, 9.17) is 5.11 Å². The van der Waals surface area contributed by atoms with Crippen LogP contribution in [-0.4, -0.2) is 40.6 Å². The van der Waals surface area contributed by atoms with Crippen molar-refractivity contribution < 1.29 is 101 Å². The molecule has 0 aromatic rings. The van der Waals surface area contributed by atoms with Crippen molar-refractivity contribution in [2.24, 2.45) is 0 Å². The summed E-state index contributed by atoms with van der Waals surface area (Å²) >= 11 is 0. The Morgan fingerprint density at radius 2 is 0.957 bits per heavy atom. The van der Waals surface area contributed by atoms with E-state index in [0.717, 1.165) is 0 Å². The SMILES string of the molecule is O=C([O-])CC(O)(CC(=O)[O-])C(=O)[O-].O=C([O-])CCC(=O)[O-].[Fe+2].[Na+]. The van der Waals surface area contributed by atoms with E-state index in [1.54, 1.807) is 0 Å². The van der Waals surface area contributed by atoms with Crippen LogP contribution in [0.15, 0.2) is 0 Å². The third-order valence-corrected chi connectivity index (χ3v) is 1.79. The van der Waals surface area contributed by atoms with Crippen molar-refractivity contribution in [3.05, 3.63) is 0 Å². The largest absolute Gasteiger partial charge is 2.00 e. The molecule has 0 fully saturated rings. The summed E-state index contributed by atoms with van der Waals surface area (Å²) in [5.41, 5.74) is -2.97. The Morgan fingerprint density at radius 3 is 1.09 bits per heavy atom. The number of aliphatic carboxylic acids is 5. The molecule has 126 valence electrons. The van der Waals surface area contributed by atoms with Gasteiger partial charge in [-0.1, -0.05) is 0 Å². The molecule has 0 saturated carbocycles. The van der Waals surface area contributed by atoms with Gasteiger partial charge in [-0.2, -0.15) is 0 Å². The molecule has 0 atom stereocenters. The second-order valence-corrected chi connectivity index (χ2v) is 3.66. The quantitative estimate of drug-likeness (QED) is 0.387. The average Bonchev–Trinajstić information content (AvgIpc) is 2.24. The smallest absolute Gasteiger partial charge is 0.550 e. The van der Waals surface area contributed by atoms with Gasteiger partial charge in [0.05, 0.1) is 5.97 Å². The summed E-state index contributed by atoms with van der Waals surface area (Å²) in [4.78, 5) is 49.0. The van der Waals surface area contributed by atoms with Gasteiger partial charge in [0.15, 0.2) is 0 Å². The van der Waals surface area contributed by atoms with Gasteiger partial charge < -0.3 is 54.6 Å². The molecule has 0 bridgehead atoms. The average molecular weight is 384 g/mol. The van der Waals surface area contributed by atoms with E-state index in [0.29, 0.717) is 0 Å². The van der Waals surface area contributed by atoms with Gasteiger partial charge in [0.25, 0.3) is 0 Å². The van der Waals surface area contributed by atoms with Gasteiger partial charge in [0, 0.05) is 36.7 Å². The summed E-state index contributed by atoms with van der Waals surface area (Å²) in [7, 11) is 0. The fourth-order valence-corrected chi connectivity index (χ4v) is 0.889. The zero-order chi connectivity index (χ0) is 17.2.